The number of thiazole rings is 1. The number of ether oxygens (including phenoxy) is 1. The number of nitrogens with zero attached hydrogens (tertiary/aromatic N) is 2. The van der Waals surface area contributed by atoms with Gasteiger partial charge in [-0.25, -0.2) is 4.57 Å². The molecule has 2 aromatic carbocycles. The maximum Gasteiger partial charge on any atom is 0.266 e. The standard InChI is InChI=1S/C20H14N2O3S2/c1-25-14-8-6-12(7-9-14)18(23)22-19(24)17(27-20(22)26)10-13-11-21-16-5-3-2-4-15(13)16/h2-11,24H,1H3/b13-10-. The van der Waals surface area contributed by atoms with Crippen LogP contribution in [0.2, 0.25) is 0 Å². The van der Waals surface area contributed by atoms with E-state index in [1.165, 1.54) is 11.3 Å². The average molecular weight is 394 g/mol. The first-order chi connectivity index (χ1) is 13.1. The van der Waals surface area contributed by atoms with E-state index in [0.29, 0.717) is 16.2 Å². The quantitative estimate of drug-likeness (QED) is 0.639. The summed E-state index contributed by atoms with van der Waals surface area (Å²) < 4.78 is 6.53. The smallest absolute Gasteiger partial charge is 0.266 e. The molecular weight excluding hydrogens is 380 g/mol. The highest BCUT2D eigenvalue weighted by atomic mass is 32.1. The van der Waals surface area contributed by atoms with Gasteiger partial charge in [0.2, 0.25) is 5.88 Å². The highest BCUT2D eigenvalue weighted by Gasteiger charge is 2.20. The zero-order chi connectivity index (χ0) is 19.0. The van der Waals surface area contributed by atoms with Crippen LogP contribution in [0.25, 0.3) is 11.6 Å². The van der Waals surface area contributed by atoms with Crippen LogP contribution in [0.5, 0.6) is 11.6 Å². The highest BCUT2D eigenvalue weighted by Crippen LogP contribution is 2.36. The second-order valence-electron chi connectivity index (χ2n) is 5.80. The second-order valence-corrected chi connectivity index (χ2v) is 7.48. The summed E-state index contributed by atoms with van der Waals surface area (Å²) in [7, 11) is 1.56. The summed E-state index contributed by atoms with van der Waals surface area (Å²) in [5.74, 6) is 0.0898. The van der Waals surface area contributed by atoms with Gasteiger partial charge in [0.05, 0.1) is 17.7 Å². The lowest BCUT2D eigenvalue weighted by Gasteiger charge is -2.05. The number of allylic oxidation sites excluding steroid dienone is 1. The Bertz CT molecular complexity index is 1150. The van der Waals surface area contributed by atoms with Crippen LogP contribution >= 0.6 is 23.6 Å². The molecule has 3 aromatic rings. The Kier molecular flexibility index (Phi) is 4.47. The number of hydrogen-bond donors (Lipinski definition) is 1. The van der Waals surface area contributed by atoms with E-state index in [-0.39, 0.29) is 15.7 Å². The fourth-order valence-electron chi connectivity index (χ4n) is 2.81. The van der Waals surface area contributed by atoms with Gasteiger partial charge in [-0.3, -0.25) is 9.79 Å². The average Bonchev–Trinajstić information content (AvgIpc) is 3.22. The molecule has 5 nitrogen and oxygen atoms in total. The minimum atomic E-state index is -0.387. The molecule has 0 bridgehead atoms. The maximum absolute atomic E-state index is 12.8. The number of carbonyl (C=O) groups is 1. The molecule has 1 aliphatic rings. The molecule has 1 N–H and O–H groups in total. The van der Waals surface area contributed by atoms with Gasteiger partial charge in [-0.05, 0) is 48.6 Å². The lowest BCUT2D eigenvalue weighted by molar-refractivity contribution is 0.0950. The predicted octanol–water partition coefficient (Wildman–Crippen LogP) is 4.94. The highest BCUT2D eigenvalue weighted by molar-refractivity contribution is 7.73. The lowest BCUT2D eigenvalue weighted by Crippen LogP contribution is -2.11. The molecule has 1 aromatic heterocycles. The Morgan fingerprint density at radius 2 is 1.96 bits per heavy atom. The van der Waals surface area contributed by atoms with Crippen molar-refractivity contribution in [3.8, 4) is 11.6 Å². The minimum Gasteiger partial charge on any atom is -0.497 e. The molecule has 134 valence electrons. The van der Waals surface area contributed by atoms with Crippen LogP contribution in [0, 0.1) is 3.95 Å². The zero-order valence-electron chi connectivity index (χ0n) is 14.2. The summed E-state index contributed by atoms with van der Waals surface area (Å²) in [6.07, 6.45) is 3.53. The third kappa shape index (κ3) is 3.11. The molecule has 4 rings (SSSR count). The Morgan fingerprint density at radius 3 is 2.70 bits per heavy atom. The number of benzene rings is 2. The molecule has 0 amide bonds. The van der Waals surface area contributed by atoms with Crippen molar-refractivity contribution in [1.82, 2.24) is 4.57 Å². The van der Waals surface area contributed by atoms with Crippen LogP contribution in [-0.2, 0) is 0 Å². The molecule has 0 atom stereocenters. The topological polar surface area (TPSA) is 63.8 Å². The summed E-state index contributed by atoms with van der Waals surface area (Å²) >= 11 is 6.49. The molecule has 0 spiro atoms. The Balaban J connectivity index is 1.72. The van der Waals surface area contributed by atoms with Crippen molar-refractivity contribution in [2.24, 2.45) is 4.99 Å². The molecule has 0 aliphatic carbocycles. The van der Waals surface area contributed by atoms with Gasteiger partial charge < -0.3 is 9.84 Å². The third-order valence-corrected chi connectivity index (χ3v) is 5.51. The van der Waals surface area contributed by atoms with E-state index in [9.17, 15) is 9.90 Å². The molecule has 0 unspecified atom stereocenters. The summed E-state index contributed by atoms with van der Waals surface area (Å²) in [6, 6.07) is 14.4. The second kappa shape index (κ2) is 6.94. The van der Waals surface area contributed by atoms with E-state index in [4.69, 9.17) is 17.0 Å². The lowest BCUT2D eigenvalue weighted by atomic mass is 10.1. The van der Waals surface area contributed by atoms with Gasteiger partial charge in [-0.1, -0.05) is 18.2 Å². The van der Waals surface area contributed by atoms with Crippen molar-refractivity contribution in [1.29, 1.82) is 0 Å². The number of methoxy groups -OCH3 is 1. The van der Waals surface area contributed by atoms with Crippen molar-refractivity contribution >= 4 is 53.0 Å². The fourth-order valence-corrected chi connectivity index (χ4v) is 4.07. The zero-order valence-corrected chi connectivity index (χ0v) is 15.9. The van der Waals surface area contributed by atoms with Crippen LogP contribution < -0.4 is 4.74 Å². The number of hydrogen-bond acceptors (Lipinski definition) is 6. The monoisotopic (exact) mass is 394 g/mol. The van der Waals surface area contributed by atoms with Crippen molar-refractivity contribution in [3.05, 3.63) is 68.5 Å². The van der Waals surface area contributed by atoms with Crippen LogP contribution in [-0.4, -0.2) is 28.9 Å². The minimum absolute atomic E-state index is 0.170. The summed E-state index contributed by atoms with van der Waals surface area (Å²) in [4.78, 5) is 17.7. The number of aliphatic imine (C=N–C) groups is 1. The van der Waals surface area contributed by atoms with E-state index in [1.807, 2.05) is 24.3 Å². The Hall–Kier alpha value is -3.03. The van der Waals surface area contributed by atoms with Gasteiger partial charge in [-0.2, -0.15) is 0 Å². The largest absolute Gasteiger partial charge is 0.497 e. The van der Waals surface area contributed by atoms with Crippen molar-refractivity contribution < 1.29 is 14.6 Å². The molecule has 0 radical (unpaired) electrons. The molecular formula is C20H14N2O3S2. The van der Waals surface area contributed by atoms with Gasteiger partial charge in [-0.15, -0.1) is 11.3 Å². The number of aromatic nitrogens is 1. The summed E-state index contributed by atoms with van der Waals surface area (Å²) in [5, 5.41) is 10.6. The van der Waals surface area contributed by atoms with Crippen molar-refractivity contribution in [2.45, 2.75) is 0 Å². The number of para-hydroxylation sites is 1. The van der Waals surface area contributed by atoms with Crippen LogP contribution in [0.1, 0.15) is 20.8 Å². The van der Waals surface area contributed by atoms with Gasteiger partial charge >= 0.3 is 0 Å². The molecule has 0 saturated carbocycles. The fraction of sp³-hybridized carbons (Fsp3) is 0.0500. The third-order valence-electron chi connectivity index (χ3n) is 4.20. The van der Waals surface area contributed by atoms with Crippen LogP contribution in [0.4, 0.5) is 5.69 Å². The number of fused-ring (bicyclic) bond motifs is 1. The van der Waals surface area contributed by atoms with E-state index in [2.05, 4.69) is 4.99 Å². The Morgan fingerprint density at radius 1 is 1.22 bits per heavy atom. The molecule has 0 fully saturated rings. The van der Waals surface area contributed by atoms with Gasteiger partial charge in [0, 0.05) is 22.9 Å². The number of carbonyl (C=O) groups excluding carboxylic acids is 1. The maximum atomic E-state index is 12.8. The van der Waals surface area contributed by atoms with Crippen molar-refractivity contribution in [3.63, 3.8) is 0 Å². The van der Waals surface area contributed by atoms with E-state index < -0.39 is 0 Å². The number of rotatable bonds is 3. The van der Waals surface area contributed by atoms with Gasteiger partial charge in [0.25, 0.3) is 5.91 Å². The summed E-state index contributed by atoms with van der Waals surface area (Å²) in [5.41, 5.74) is 3.12. The van der Waals surface area contributed by atoms with Gasteiger partial charge in [0.1, 0.15) is 5.75 Å². The van der Waals surface area contributed by atoms with Crippen LogP contribution in [0.15, 0.2) is 53.5 Å². The van der Waals surface area contributed by atoms with E-state index >= 15 is 0 Å². The molecule has 7 heteroatoms. The van der Waals surface area contributed by atoms with Crippen LogP contribution in [0.3, 0.4) is 0 Å². The van der Waals surface area contributed by atoms with Crippen molar-refractivity contribution in [2.75, 3.05) is 7.11 Å². The first-order valence-electron chi connectivity index (χ1n) is 8.07. The first-order valence-corrected chi connectivity index (χ1v) is 9.29. The Labute approximate surface area is 164 Å². The molecule has 1 aliphatic heterocycles. The normalized spacial score (nSPS) is 13.7. The van der Waals surface area contributed by atoms with E-state index in [1.54, 1.807) is 43.7 Å². The SMILES string of the molecule is COc1ccc(C(=O)n2c(O)c(/C=C3/C=Nc4ccccc43)sc2=S)cc1. The summed E-state index contributed by atoms with van der Waals surface area (Å²) in [6.45, 7) is 0. The van der Waals surface area contributed by atoms with Gasteiger partial charge in [0.15, 0.2) is 3.95 Å². The first kappa shape index (κ1) is 17.4. The predicted molar refractivity (Wildman–Crippen MR) is 110 cm³/mol. The molecule has 2 heterocycles. The van der Waals surface area contributed by atoms with E-state index in [0.717, 1.165) is 21.4 Å². The molecule has 0 saturated heterocycles. The number of aromatic hydroxyl groups is 1. The molecule has 27 heavy (non-hydrogen) atoms.